The van der Waals surface area contributed by atoms with E-state index < -0.39 is 68.9 Å². The van der Waals surface area contributed by atoms with Crippen LogP contribution in [0, 0.1) is 0 Å². The number of sulfonamides is 1. The van der Waals surface area contributed by atoms with Crippen LogP contribution in [0.2, 0.25) is 0 Å². The van der Waals surface area contributed by atoms with Crippen molar-refractivity contribution in [3.63, 3.8) is 0 Å². The Balaban J connectivity index is 1.29. The summed E-state index contributed by atoms with van der Waals surface area (Å²) in [7, 11) is -2.34. The molecule has 282 valence electrons. The van der Waals surface area contributed by atoms with Crippen molar-refractivity contribution in [2.24, 2.45) is 0 Å². The summed E-state index contributed by atoms with van der Waals surface area (Å²) >= 11 is 0. The van der Waals surface area contributed by atoms with E-state index in [0.717, 1.165) is 5.56 Å². The molecule has 15 heteroatoms. The van der Waals surface area contributed by atoms with Crippen molar-refractivity contribution in [2.45, 2.75) is 87.8 Å². The van der Waals surface area contributed by atoms with Crippen LogP contribution >= 0.6 is 0 Å². The summed E-state index contributed by atoms with van der Waals surface area (Å²) in [5, 5.41) is 5.32. The molecule has 4 amide bonds. The summed E-state index contributed by atoms with van der Waals surface area (Å²) in [6.07, 6.45) is 0.0244. The third-order valence-corrected chi connectivity index (χ3v) is 11.3. The van der Waals surface area contributed by atoms with E-state index in [2.05, 4.69) is 21.9 Å². The fraction of sp³-hybridized carbons (Fsp3) is 0.447. The zero-order valence-corrected chi connectivity index (χ0v) is 31.1. The van der Waals surface area contributed by atoms with E-state index in [1.807, 2.05) is 36.4 Å². The average molecular weight is 748 g/mol. The number of rotatable bonds is 11. The van der Waals surface area contributed by atoms with Gasteiger partial charge in [0.1, 0.15) is 41.3 Å². The number of fused-ring (bicyclic) bond motifs is 1. The van der Waals surface area contributed by atoms with Gasteiger partial charge in [0, 0.05) is 35.9 Å². The van der Waals surface area contributed by atoms with Crippen molar-refractivity contribution in [1.29, 1.82) is 0 Å². The Hall–Kier alpha value is -5.18. The van der Waals surface area contributed by atoms with E-state index >= 15 is 0 Å². The molecule has 6 rings (SSSR count). The topological polar surface area (TPSA) is 182 Å². The molecule has 2 aliphatic carbocycles. The van der Waals surface area contributed by atoms with Crippen LogP contribution in [-0.2, 0) is 29.1 Å². The number of hydrogen-bond acceptors (Lipinski definition) is 10. The van der Waals surface area contributed by atoms with Crippen molar-refractivity contribution in [3.8, 4) is 22.8 Å². The lowest BCUT2D eigenvalue weighted by molar-refractivity contribution is -0.140. The number of carbonyl (C=O) groups is 4. The lowest BCUT2D eigenvalue weighted by Gasteiger charge is -2.32. The molecule has 3 N–H and O–H groups in total. The predicted octanol–water partition coefficient (Wildman–Crippen LogP) is 3.99. The lowest BCUT2D eigenvalue weighted by Crippen LogP contribution is -2.61. The van der Waals surface area contributed by atoms with Crippen molar-refractivity contribution in [3.05, 3.63) is 66.7 Å². The molecule has 3 aromatic rings. The van der Waals surface area contributed by atoms with Crippen LogP contribution in [0.3, 0.4) is 0 Å². The number of likely N-dealkylation sites (tertiary alicyclic amines) is 1. The van der Waals surface area contributed by atoms with Gasteiger partial charge in [0.2, 0.25) is 21.8 Å². The van der Waals surface area contributed by atoms with Gasteiger partial charge in [-0.25, -0.2) is 18.2 Å². The number of hydrogen-bond donors (Lipinski definition) is 3. The smallest absolute Gasteiger partial charge is 0.408 e. The fourth-order valence-electron chi connectivity index (χ4n) is 6.67. The van der Waals surface area contributed by atoms with Crippen molar-refractivity contribution in [2.75, 3.05) is 20.2 Å². The summed E-state index contributed by atoms with van der Waals surface area (Å²) in [6.45, 7) is 8.56. The quantitative estimate of drug-likeness (QED) is 0.243. The highest BCUT2D eigenvalue weighted by atomic mass is 32.2. The van der Waals surface area contributed by atoms with E-state index in [0.29, 0.717) is 52.9 Å². The lowest BCUT2D eigenvalue weighted by atomic mass is 9.95. The van der Waals surface area contributed by atoms with Gasteiger partial charge in [-0.1, -0.05) is 42.5 Å². The number of methoxy groups -OCH3 is 1. The first-order valence-electron chi connectivity index (χ1n) is 17.6. The van der Waals surface area contributed by atoms with Gasteiger partial charge < -0.3 is 29.7 Å². The Morgan fingerprint density at radius 2 is 1.79 bits per heavy atom. The van der Waals surface area contributed by atoms with Crippen LogP contribution in [0.1, 0.15) is 59.3 Å². The molecule has 2 saturated carbocycles. The average Bonchev–Trinajstić information content (AvgIpc) is 3.79. The van der Waals surface area contributed by atoms with E-state index in [1.165, 1.54) is 4.90 Å². The zero-order valence-electron chi connectivity index (χ0n) is 30.3. The first-order valence-corrected chi connectivity index (χ1v) is 19.1. The molecule has 3 atom stereocenters. The fourth-order valence-corrected chi connectivity index (χ4v) is 8.04. The number of ether oxygens (including phenoxy) is 3. The minimum absolute atomic E-state index is 0.0314. The molecule has 3 aliphatic rings. The number of nitrogens with zero attached hydrogens (tertiary/aromatic N) is 2. The summed E-state index contributed by atoms with van der Waals surface area (Å²) < 4.78 is 45.0. The number of aromatic nitrogens is 1. The zero-order chi connectivity index (χ0) is 38.1. The third kappa shape index (κ3) is 8.73. The minimum Gasteiger partial charge on any atom is -0.497 e. The molecular formula is C38H45N5O9S. The first-order chi connectivity index (χ1) is 25.1. The van der Waals surface area contributed by atoms with Gasteiger partial charge in [0.25, 0.3) is 5.91 Å². The molecule has 1 aromatic heterocycles. The van der Waals surface area contributed by atoms with Crippen molar-refractivity contribution in [1.82, 2.24) is 25.2 Å². The maximum absolute atomic E-state index is 14.2. The second-order valence-electron chi connectivity index (χ2n) is 14.8. The second-order valence-corrected chi connectivity index (χ2v) is 16.8. The van der Waals surface area contributed by atoms with Crippen LogP contribution in [-0.4, -0.2) is 90.9 Å². The molecule has 1 saturated heterocycles. The summed E-state index contributed by atoms with van der Waals surface area (Å²) in [5.41, 5.74) is 0.397. The summed E-state index contributed by atoms with van der Waals surface area (Å²) in [4.78, 5) is 60.2. The van der Waals surface area contributed by atoms with Gasteiger partial charge >= 0.3 is 6.09 Å². The largest absolute Gasteiger partial charge is 0.497 e. The highest BCUT2D eigenvalue weighted by Crippen LogP contribution is 2.37. The van der Waals surface area contributed by atoms with E-state index in [-0.39, 0.29) is 25.8 Å². The molecule has 14 nitrogen and oxygen atoms in total. The standard InChI is InChI=1S/C38H45N5O9S/c1-23-15-16-38(20-23,35(46)42-53(48,49)27-12-13-27)41-34(45)31-18-26(22-43(31)33(44)21-39-36(47)52-37(2,3)4)51-32-19-29(24-9-7-6-8-10-24)40-30-17-25(50-5)11-14-28(30)32/h6-11,14,17,19,26-27,31H,1,12-13,15-16,18,20-22H2,2-5H3,(H,39,47)(H,41,45)(H,42,46)/t26-,31+,38-/m1/s1. The molecule has 53 heavy (non-hydrogen) atoms. The third-order valence-electron chi connectivity index (χ3n) is 9.46. The van der Waals surface area contributed by atoms with Gasteiger partial charge in [-0.3, -0.25) is 19.1 Å². The molecule has 0 unspecified atom stereocenters. The van der Waals surface area contributed by atoms with Gasteiger partial charge in [0.05, 0.1) is 30.1 Å². The normalized spacial score (nSPS) is 21.6. The number of amides is 4. The van der Waals surface area contributed by atoms with Crippen LogP contribution < -0.4 is 24.8 Å². The monoisotopic (exact) mass is 747 g/mol. The van der Waals surface area contributed by atoms with Gasteiger partial charge in [-0.05, 0) is 58.6 Å². The van der Waals surface area contributed by atoms with E-state index in [9.17, 15) is 27.6 Å². The highest BCUT2D eigenvalue weighted by Gasteiger charge is 2.50. The Bertz CT molecular complexity index is 2050. The number of benzene rings is 2. The number of pyridine rings is 1. The summed E-state index contributed by atoms with van der Waals surface area (Å²) in [5.74, 6) is -1.01. The molecule has 3 fully saturated rings. The van der Waals surface area contributed by atoms with Crippen LogP contribution in [0.15, 0.2) is 66.7 Å². The van der Waals surface area contributed by atoms with Gasteiger partial charge in [-0.15, -0.1) is 0 Å². The van der Waals surface area contributed by atoms with Crippen molar-refractivity contribution < 1.29 is 41.8 Å². The maximum Gasteiger partial charge on any atom is 0.408 e. The molecule has 0 spiro atoms. The van der Waals surface area contributed by atoms with Gasteiger partial charge in [-0.2, -0.15) is 0 Å². The number of carbonyl (C=O) groups excluding carboxylic acids is 4. The maximum atomic E-state index is 14.2. The summed E-state index contributed by atoms with van der Waals surface area (Å²) in [6, 6.07) is 15.6. The highest BCUT2D eigenvalue weighted by molar-refractivity contribution is 7.91. The molecule has 1 aliphatic heterocycles. The molecule has 2 heterocycles. The molecular weight excluding hydrogens is 703 g/mol. The number of alkyl carbamates (subject to hydrolysis) is 1. The Morgan fingerprint density at radius 1 is 1.06 bits per heavy atom. The Kier molecular flexibility index (Phi) is 10.4. The van der Waals surface area contributed by atoms with E-state index in [1.54, 1.807) is 46.1 Å². The second kappa shape index (κ2) is 14.7. The number of nitrogens with one attached hydrogen (secondary N) is 3. The predicted molar refractivity (Wildman–Crippen MR) is 196 cm³/mol. The molecule has 2 aromatic carbocycles. The minimum atomic E-state index is -3.91. The Morgan fingerprint density at radius 3 is 2.43 bits per heavy atom. The van der Waals surface area contributed by atoms with Crippen LogP contribution in [0.4, 0.5) is 4.79 Å². The van der Waals surface area contributed by atoms with Crippen LogP contribution in [0.5, 0.6) is 11.5 Å². The Labute approximate surface area is 308 Å². The SMILES string of the molecule is C=C1CC[C@](NC(=O)[C@@H]2C[C@@H](Oc3cc(-c4ccccc4)nc4cc(OC)ccc34)CN2C(=O)CNC(=O)OC(C)(C)C)(C(=O)NS(=O)(=O)C2CC2)C1. The first kappa shape index (κ1) is 37.6. The van der Waals surface area contributed by atoms with E-state index in [4.69, 9.17) is 19.2 Å². The molecule has 0 radical (unpaired) electrons. The molecule has 0 bridgehead atoms. The van der Waals surface area contributed by atoms with Crippen molar-refractivity contribution >= 4 is 44.7 Å². The van der Waals surface area contributed by atoms with Gasteiger partial charge in [0.15, 0.2) is 0 Å². The van der Waals surface area contributed by atoms with Crippen LogP contribution in [0.25, 0.3) is 22.2 Å².